The van der Waals surface area contributed by atoms with E-state index in [4.69, 9.17) is 9.47 Å². The first-order valence-electron chi connectivity index (χ1n) is 6.79. The van der Waals surface area contributed by atoms with Crippen molar-refractivity contribution in [3.05, 3.63) is 35.4 Å². The fourth-order valence-corrected chi connectivity index (χ4v) is 3.03. The Kier molecular flexibility index (Phi) is 7.94. The van der Waals surface area contributed by atoms with Gasteiger partial charge in [-0.1, -0.05) is 29.8 Å². The van der Waals surface area contributed by atoms with E-state index in [2.05, 4.69) is 6.07 Å². The first kappa shape index (κ1) is 16.3. The highest BCUT2D eigenvalue weighted by Gasteiger charge is 2.10. The van der Waals surface area contributed by atoms with Crippen LogP contribution in [0.25, 0.3) is 0 Å². The summed E-state index contributed by atoms with van der Waals surface area (Å²) in [5, 5.41) is 0. The van der Waals surface area contributed by atoms with Crippen LogP contribution in [-0.4, -0.2) is 29.5 Å². The summed E-state index contributed by atoms with van der Waals surface area (Å²) in [6, 6.07) is 8.16. The topological polar surface area (TPSA) is 35.5 Å². The number of benzene rings is 1. The SMILES string of the molecule is CCOC(CCS(=O)Cc1cccc(C)c1)OCC. The first-order valence-corrected chi connectivity index (χ1v) is 8.28. The zero-order valence-corrected chi connectivity index (χ0v) is 12.9. The van der Waals surface area contributed by atoms with Gasteiger partial charge in [-0.25, -0.2) is 0 Å². The molecule has 0 heterocycles. The molecule has 1 aromatic carbocycles. The van der Waals surface area contributed by atoms with Gasteiger partial charge in [-0.05, 0) is 26.3 Å². The van der Waals surface area contributed by atoms with Crippen molar-refractivity contribution in [3.8, 4) is 0 Å². The van der Waals surface area contributed by atoms with Crippen molar-refractivity contribution < 1.29 is 13.7 Å². The predicted octanol–water partition coefficient (Wildman–Crippen LogP) is 3.03. The molecule has 108 valence electrons. The van der Waals surface area contributed by atoms with Gasteiger partial charge in [0.1, 0.15) is 0 Å². The van der Waals surface area contributed by atoms with E-state index < -0.39 is 10.8 Å². The third-order valence-corrected chi connectivity index (χ3v) is 4.04. The van der Waals surface area contributed by atoms with E-state index in [1.165, 1.54) is 5.56 Å². The second-order valence-corrected chi connectivity index (χ2v) is 5.98. The molecule has 0 N–H and O–H groups in total. The number of rotatable bonds is 9. The van der Waals surface area contributed by atoms with E-state index >= 15 is 0 Å². The standard InChI is InChI=1S/C15H24O3S/c1-4-17-15(18-5-2)9-10-19(16)12-14-8-6-7-13(3)11-14/h6-8,11,15H,4-5,9-10,12H2,1-3H3. The van der Waals surface area contributed by atoms with Gasteiger partial charge >= 0.3 is 0 Å². The molecule has 0 amide bonds. The van der Waals surface area contributed by atoms with Gasteiger partial charge in [-0.15, -0.1) is 0 Å². The van der Waals surface area contributed by atoms with Crippen molar-refractivity contribution >= 4 is 10.8 Å². The summed E-state index contributed by atoms with van der Waals surface area (Å²) in [6.45, 7) is 7.17. The van der Waals surface area contributed by atoms with E-state index in [1.807, 2.05) is 39.0 Å². The molecule has 0 fully saturated rings. The maximum atomic E-state index is 12.0. The summed E-state index contributed by atoms with van der Waals surface area (Å²) in [5.41, 5.74) is 2.33. The van der Waals surface area contributed by atoms with Gasteiger partial charge in [0.2, 0.25) is 0 Å². The Balaban J connectivity index is 2.38. The van der Waals surface area contributed by atoms with E-state index in [0.717, 1.165) is 5.56 Å². The maximum Gasteiger partial charge on any atom is 0.158 e. The quantitative estimate of drug-likeness (QED) is 0.654. The fraction of sp³-hybridized carbons (Fsp3) is 0.600. The van der Waals surface area contributed by atoms with Gasteiger partial charge in [0.25, 0.3) is 0 Å². The van der Waals surface area contributed by atoms with Crippen molar-refractivity contribution in [2.45, 2.75) is 39.2 Å². The molecule has 1 unspecified atom stereocenters. The second kappa shape index (κ2) is 9.23. The van der Waals surface area contributed by atoms with Crippen LogP contribution in [0, 0.1) is 6.92 Å². The highest BCUT2D eigenvalue weighted by atomic mass is 32.2. The van der Waals surface area contributed by atoms with Crippen molar-refractivity contribution in [1.29, 1.82) is 0 Å². The molecule has 0 aliphatic rings. The minimum absolute atomic E-state index is 0.226. The van der Waals surface area contributed by atoms with Crippen LogP contribution >= 0.6 is 0 Å². The average Bonchev–Trinajstić information content (AvgIpc) is 2.36. The van der Waals surface area contributed by atoms with Gasteiger partial charge in [-0.3, -0.25) is 4.21 Å². The molecule has 0 radical (unpaired) electrons. The van der Waals surface area contributed by atoms with Crippen LogP contribution in [0.1, 0.15) is 31.4 Å². The summed E-state index contributed by atoms with van der Waals surface area (Å²) in [5.74, 6) is 1.21. The Morgan fingerprint density at radius 2 is 1.89 bits per heavy atom. The molecule has 19 heavy (non-hydrogen) atoms. The molecule has 0 aromatic heterocycles. The summed E-state index contributed by atoms with van der Waals surface area (Å²) in [7, 11) is -0.867. The predicted molar refractivity (Wildman–Crippen MR) is 79.5 cm³/mol. The molecule has 4 heteroatoms. The highest BCUT2D eigenvalue weighted by Crippen LogP contribution is 2.09. The Bertz CT molecular complexity index is 387. The minimum atomic E-state index is -0.867. The first-order chi connectivity index (χ1) is 9.15. The molecule has 1 rings (SSSR count). The zero-order chi connectivity index (χ0) is 14.1. The van der Waals surface area contributed by atoms with Crippen molar-refractivity contribution in [1.82, 2.24) is 0 Å². The minimum Gasteiger partial charge on any atom is -0.353 e. The largest absolute Gasteiger partial charge is 0.353 e. The molecular formula is C15H24O3S. The molecule has 1 aromatic rings. The smallest absolute Gasteiger partial charge is 0.158 e. The highest BCUT2D eigenvalue weighted by molar-refractivity contribution is 7.84. The van der Waals surface area contributed by atoms with Gasteiger partial charge in [0.15, 0.2) is 6.29 Å². The fourth-order valence-electron chi connectivity index (χ4n) is 1.87. The third kappa shape index (κ3) is 6.85. The van der Waals surface area contributed by atoms with E-state index in [-0.39, 0.29) is 6.29 Å². The molecule has 3 nitrogen and oxygen atoms in total. The Labute approximate surface area is 118 Å². The Morgan fingerprint density at radius 3 is 2.47 bits per heavy atom. The number of aryl methyl sites for hydroxylation is 1. The number of ether oxygens (including phenoxy) is 2. The molecule has 0 saturated carbocycles. The molecule has 0 aliphatic carbocycles. The lowest BCUT2D eigenvalue weighted by atomic mass is 10.2. The van der Waals surface area contributed by atoms with Crippen LogP contribution in [-0.2, 0) is 26.0 Å². The van der Waals surface area contributed by atoms with Gasteiger partial charge in [0.05, 0.1) is 0 Å². The second-order valence-electron chi connectivity index (χ2n) is 4.41. The summed E-state index contributed by atoms with van der Waals surface area (Å²) in [6.07, 6.45) is 0.455. The average molecular weight is 284 g/mol. The molecular weight excluding hydrogens is 260 g/mol. The number of hydrogen-bond acceptors (Lipinski definition) is 3. The zero-order valence-electron chi connectivity index (χ0n) is 12.1. The van der Waals surface area contributed by atoms with Crippen LogP contribution in [0.5, 0.6) is 0 Å². The monoisotopic (exact) mass is 284 g/mol. The molecule has 1 atom stereocenters. The Morgan fingerprint density at radius 1 is 1.21 bits per heavy atom. The van der Waals surface area contributed by atoms with Crippen LogP contribution in [0.2, 0.25) is 0 Å². The number of hydrogen-bond donors (Lipinski definition) is 0. The lowest BCUT2D eigenvalue weighted by molar-refractivity contribution is -0.136. The van der Waals surface area contributed by atoms with E-state index in [1.54, 1.807) is 0 Å². The maximum absolute atomic E-state index is 12.0. The van der Waals surface area contributed by atoms with Gasteiger partial charge < -0.3 is 9.47 Å². The lowest BCUT2D eigenvalue weighted by Gasteiger charge is -2.16. The lowest BCUT2D eigenvalue weighted by Crippen LogP contribution is -2.20. The van der Waals surface area contributed by atoms with Crippen LogP contribution in [0.15, 0.2) is 24.3 Å². The Hall–Kier alpha value is -0.710. The summed E-state index contributed by atoms with van der Waals surface area (Å²) < 4.78 is 22.9. The molecule has 0 spiro atoms. The summed E-state index contributed by atoms with van der Waals surface area (Å²) in [4.78, 5) is 0. The molecule has 0 bridgehead atoms. The molecule has 0 saturated heterocycles. The normalized spacial score (nSPS) is 12.8. The van der Waals surface area contributed by atoms with Gasteiger partial charge in [0, 0.05) is 41.9 Å². The van der Waals surface area contributed by atoms with Crippen LogP contribution in [0.3, 0.4) is 0 Å². The van der Waals surface area contributed by atoms with Crippen molar-refractivity contribution in [2.24, 2.45) is 0 Å². The summed E-state index contributed by atoms with van der Waals surface area (Å²) >= 11 is 0. The van der Waals surface area contributed by atoms with Crippen LogP contribution in [0.4, 0.5) is 0 Å². The van der Waals surface area contributed by atoms with Crippen molar-refractivity contribution in [2.75, 3.05) is 19.0 Å². The van der Waals surface area contributed by atoms with Crippen molar-refractivity contribution in [3.63, 3.8) is 0 Å². The van der Waals surface area contributed by atoms with E-state index in [0.29, 0.717) is 31.1 Å². The van der Waals surface area contributed by atoms with Gasteiger partial charge in [-0.2, -0.15) is 0 Å². The van der Waals surface area contributed by atoms with Crippen LogP contribution < -0.4 is 0 Å². The third-order valence-electron chi connectivity index (χ3n) is 2.70. The molecule has 0 aliphatic heterocycles. The van der Waals surface area contributed by atoms with E-state index in [9.17, 15) is 4.21 Å².